The number of esters is 1. The van der Waals surface area contributed by atoms with Gasteiger partial charge < -0.3 is 15.4 Å². The van der Waals surface area contributed by atoms with Gasteiger partial charge in [0.2, 0.25) is 0 Å². The number of thiophene rings is 1. The number of halogens is 1. The van der Waals surface area contributed by atoms with Crippen molar-refractivity contribution in [1.29, 1.82) is 0 Å². The van der Waals surface area contributed by atoms with E-state index in [-0.39, 0.29) is 40.7 Å². The molecule has 7 nitrogen and oxygen atoms in total. The van der Waals surface area contributed by atoms with Gasteiger partial charge in [-0.25, -0.2) is 13.2 Å². The van der Waals surface area contributed by atoms with Crippen molar-refractivity contribution in [2.75, 3.05) is 17.7 Å². The molecule has 1 aromatic carbocycles. The summed E-state index contributed by atoms with van der Waals surface area (Å²) in [6, 6.07) is 5.80. The first kappa shape index (κ1) is 27.3. The summed E-state index contributed by atoms with van der Waals surface area (Å²) in [7, 11) is -3.35. The molecule has 1 aliphatic rings. The maximum Gasteiger partial charge on any atom is 0.341 e. The van der Waals surface area contributed by atoms with Crippen LogP contribution in [0.2, 0.25) is 0 Å². The van der Waals surface area contributed by atoms with Gasteiger partial charge >= 0.3 is 5.97 Å². The van der Waals surface area contributed by atoms with Gasteiger partial charge in [-0.3, -0.25) is 4.79 Å². The van der Waals surface area contributed by atoms with Crippen LogP contribution in [0.5, 0.6) is 0 Å². The first-order valence-corrected chi connectivity index (χ1v) is 13.0. The van der Waals surface area contributed by atoms with Gasteiger partial charge in [-0.15, -0.1) is 23.7 Å². The minimum absolute atomic E-state index is 0. The van der Waals surface area contributed by atoms with E-state index in [4.69, 9.17) is 4.74 Å². The summed E-state index contributed by atoms with van der Waals surface area (Å²) in [5.41, 5.74) is 0.969. The van der Waals surface area contributed by atoms with Crippen LogP contribution >= 0.6 is 23.7 Å². The summed E-state index contributed by atoms with van der Waals surface area (Å²) in [6.45, 7) is 11.8. The van der Waals surface area contributed by atoms with Crippen LogP contribution in [0.4, 0.5) is 5.00 Å². The van der Waals surface area contributed by atoms with Crippen LogP contribution in [-0.4, -0.2) is 38.2 Å². The summed E-state index contributed by atoms with van der Waals surface area (Å²) < 4.78 is 29.4. The number of amides is 1. The number of carbonyl (C=O) groups excluding carboxylic acids is 2. The molecule has 2 N–H and O–H groups in total. The van der Waals surface area contributed by atoms with E-state index in [1.165, 1.54) is 35.6 Å². The molecule has 33 heavy (non-hydrogen) atoms. The number of carbonyl (C=O) groups is 2. The number of fused-ring (bicyclic) bond motifs is 1. The van der Waals surface area contributed by atoms with Gasteiger partial charge in [-0.2, -0.15) is 0 Å². The summed E-state index contributed by atoms with van der Waals surface area (Å²) in [4.78, 5) is 27.0. The first-order valence-electron chi connectivity index (χ1n) is 10.6. The topological polar surface area (TPSA) is 102 Å². The van der Waals surface area contributed by atoms with Crippen molar-refractivity contribution in [3.63, 3.8) is 0 Å². The van der Waals surface area contributed by atoms with Crippen molar-refractivity contribution in [2.45, 2.75) is 63.9 Å². The molecule has 2 aromatic rings. The molecule has 0 radical (unpaired) electrons. The largest absolute Gasteiger partial charge is 0.462 e. The number of nitrogens with one attached hydrogen (secondary N) is 2. The Morgan fingerprint density at radius 2 is 1.73 bits per heavy atom. The van der Waals surface area contributed by atoms with Crippen LogP contribution in [-0.2, 0) is 26.5 Å². The Kier molecular flexibility index (Phi) is 8.06. The average molecular weight is 515 g/mol. The summed E-state index contributed by atoms with van der Waals surface area (Å²) in [6.07, 6.45) is 0.621. The second kappa shape index (κ2) is 9.74. The summed E-state index contributed by atoms with van der Waals surface area (Å²) in [5, 5.41) is 6.90. The van der Waals surface area contributed by atoms with Crippen molar-refractivity contribution in [1.82, 2.24) is 5.32 Å². The number of rotatable bonds is 6. The fourth-order valence-corrected chi connectivity index (χ4v) is 6.33. The van der Waals surface area contributed by atoms with Gasteiger partial charge in [0.25, 0.3) is 5.91 Å². The zero-order chi connectivity index (χ0) is 23.9. The third-order valence-corrected chi connectivity index (χ3v) is 8.63. The SMILES string of the molecule is CCOC(=O)c1c(NC(=O)c2ccc(S(=O)(=O)CC)cc2)sc2c1CC(C)(C)NC2(C)C.Cl. The highest BCUT2D eigenvalue weighted by atomic mass is 35.5. The Balaban J connectivity index is 0.00000385. The van der Waals surface area contributed by atoms with Gasteiger partial charge in [0.1, 0.15) is 5.00 Å². The first-order chi connectivity index (χ1) is 14.8. The van der Waals surface area contributed by atoms with Gasteiger partial charge in [0.05, 0.1) is 22.8 Å². The van der Waals surface area contributed by atoms with Crippen molar-refractivity contribution >= 4 is 50.5 Å². The van der Waals surface area contributed by atoms with E-state index in [9.17, 15) is 18.0 Å². The molecular formula is C23H31ClN2O5S2. The van der Waals surface area contributed by atoms with Crippen LogP contribution < -0.4 is 10.6 Å². The van der Waals surface area contributed by atoms with Crippen LogP contribution in [0, 0.1) is 0 Å². The molecule has 0 spiro atoms. The highest BCUT2D eigenvalue weighted by Gasteiger charge is 2.42. The van der Waals surface area contributed by atoms with Crippen molar-refractivity contribution in [3.05, 3.63) is 45.8 Å². The smallest absolute Gasteiger partial charge is 0.341 e. The molecule has 0 fully saturated rings. The molecule has 0 bridgehead atoms. The second-order valence-electron chi connectivity index (χ2n) is 9.03. The fraction of sp³-hybridized carbons (Fsp3) is 0.478. The summed E-state index contributed by atoms with van der Waals surface area (Å²) >= 11 is 1.37. The highest BCUT2D eigenvalue weighted by molar-refractivity contribution is 7.91. The number of sulfone groups is 1. The molecule has 2 heterocycles. The molecule has 0 atom stereocenters. The van der Waals surface area contributed by atoms with Gasteiger partial charge in [-0.05, 0) is 70.9 Å². The average Bonchev–Trinajstić information content (AvgIpc) is 3.05. The maximum atomic E-state index is 13.0. The lowest BCUT2D eigenvalue weighted by molar-refractivity contribution is 0.0525. The minimum Gasteiger partial charge on any atom is -0.462 e. The monoisotopic (exact) mass is 514 g/mol. The number of ether oxygens (including phenoxy) is 1. The molecule has 0 saturated carbocycles. The third kappa shape index (κ3) is 5.59. The maximum absolute atomic E-state index is 13.0. The molecule has 182 valence electrons. The lowest BCUT2D eigenvalue weighted by atomic mass is 9.81. The van der Waals surface area contributed by atoms with E-state index >= 15 is 0 Å². The molecule has 0 unspecified atom stereocenters. The van der Waals surface area contributed by atoms with E-state index in [0.29, 0.717) is 22.5 Å². The van der Waals surface area contributed by atoms with Crippen molar-refractivity contribution in [2.24, 2.45) is 0 Å². The quantitative estimate of drug-likeness (QED) is 0.548. The van der Waals surface area contributed by atoms with E-state index in [1.807, 2.05) is 0 Å². The van der Waals surface area contributed by atoms with E-state index in [0.717, 1.165) is 10.4 Å². The standard InChI is InChI=1S/C23H30N2O5S2.ClH/c1-7-30-21(27)17-16-13-22(3,4)25-23(5,6)18(16)31-20(17)24-19(26)14-9-11-15(12-10-14)32(28,29)8-2;/h9-12,25H,7-8,13H2,1-6H3,(H,24,26);1H. The summed E-state index contributed by atoms with van der Waals surface area (Å²) in [5.74, 6) is -0.889. The molecule has 0 aliphatic carbocycles. The number of benzene rings is 1. The van der Waals surface area contributed by atoms with E-state index < -0.39 is 21.7 Å². The van der Waals surface area contributed by atoms with Gasteiger partial charge in [0.15, 0.2) is 9.84 Å². The lowest BCUT2D eigenvalue weighted by Crippen LogP contribution is -2.55. The van der Waals surface area contributed by atoms with E-state index in [1.54, 1.807) is 13.8 Å². The zero-order valence-corrected chi connectivity index (χ0v) is 22.1. The Labute approximate surface area is 205 Å². The number of anilines is 1. The molecule has 1 aromatic heterocycles. The Morgan fingerprint density at radius 3 is 2.27 bits per heavy atom. The fourth-order valence-electron chi connectivity index (χ4n) is 4.19. The Hall–Kier alpha value is -1.94. The molecule has 1 aliphatic heterocycles. The number of hydrogen-bond acceptors (Lipinski definition) is 7. The predicted molar refractivity (Wildman–Crippen MR) is 134 cm³/mol. The van der Waals surface area contributed by atoms with Crippen LogP contribution in [0.1, 0.15) is 72.7 Å². The number of hydrogen-bond donors (Lipinski definition) is 2. The van der Waals surface area contributed by atoms with Crippen molar-refractivity contribution in [3.8, 4) is 0 Å². The Morgan fingerprint density at radius 1 is 1.12 bits per heavy atom. The predicted octanol–water partition coefficient (Wildman–Crippen LogP) is 4.55. The van der Waals surface area contributed by atoms with Crippen LogP contribution in [0.15, 0.2) is 29.2 Å². The Bertz CT molecular complexity index is 1150. The molecule has 0 saturated heterocycles. The highest BCUT2D eigenvalue weighted by Crippen LogP contribution is 2.45. The molecule has 10 heteroatoms. The lowest BCUT2D eigenvalue weighted by Gasteiger charge is -2.42. The van der Waals surface area contributed by atoms with Crippen molar-refractivity contribution < 1.29 is 22.7 Å². The molecule has 3 rings (SSSR count). The van der Waals surface area contributed by atoms with E-state index in [2.05, 4.69) is 38.3 Å². The normalized spacial score (nSPS) is 16.3. The zero-order valence-electron chi connectivity index (χ0n) is 19.7. The second-order valence-corrected chi connectivity index (χ2v) is 12.3. The van der Waals surface area contributed by atoms with Crippen LogP contribution in [0.3, 0.4) is 0 Å². The van der Waals surface area contributed by atoms with Crippen LogP contribution in [0.25, 0.3) is 0 Å². The third-order valence-electron chi connectivity index (χ3n) is 5.41. The molecular weight excluding hydrogens is 484 g/mol. The molecule has 1 amide bonds. The van der Waals surface area contributed by atoms with Gasteiger partial charge in [0, 0.05) is 21.5 Å². The minimum atomic E-state index is -3.35. The van der Waals surface area contributed by atoms with Gasteiger partial charge in [-0.1, -0.05) is 6.92 Å².